The summed E-state index contributed by atoms with van der Waals surface area (Å²) in [5.41, 5.74) is 6.99. The predicted octanol–water partition coefficient (Wildman–Crippen LogP) is 2.22. The van der Waals surface area contributed by atoms with E-state index >= 15 is 0 Å². The molecular formula is C13H16N4O. The van der Waals surface area contributed by atoms with Crippen molar-refractivity contribution in [3.8, 4) is 0 Å². The number of nitrogen functional groups attached to an aromatic ring is 1. The van der Waals surface area contributed by atoms with Crippen molar-refractivity contribution in [1.29, 1.82) is 0 Å². The number of H-pyrrole nitrogens is 1. The average molecular weight is 244 g/mol. The third kappa shape index (κ3) is 2.88. The Kier molecular flexibility index (Phi) is 3.32. The van der Waals surface area contributed by atoms with Gasteiger partial charge in [0.2, 0.25) is 0 Å². The van der Waals surface area contributed by atoms with Gasteiger partial charge in [0.25, 0.3) is 5.56 Å². The lowest BCUT2D eigenvalue weighted by Crippen LogP contribution is -2.13. The number of nitrogens with two attached hydrogens (primary N) is 1. The maximum Gasteiger partial charge on any atom is 0.252 e. The van der Waals surface area contributed by atoms with E-state index < -0.39 is 0 Å². The Morgan fingerprint density at radius 1 is 1.33 bits per heavy atom. The summed E-state index contributed by atoms with van der Waals surface area (Å²) in [6.45, 7) is 3.95. The van der Waals surface area contributed by atoms with Crippen LogP contribution in [0.25, 0.3) is 0 Å². The number of hydrogen-bond donors (Lipinski definition) is 3. The summed E-state index contributed by atoms with van der Waals surface area (Å²) in [6, 6.07) is 8.73. The first-order chi connectivity index (χ1) is 8.54. The highest BCUT2D eigenvalue weighted by Gasteiger charge is 2.05. The molecule has 0 aliphatic carbocycles. The molecule has 0 saturated heterocycles. The molecule has 4 N–H and O–H groups in total. The van der Waals surface area contributed by atoms with Gasteiger partial charge < -0.3 is 16.0 Å². The van der Waals surface area contributed by atoms with Crippen LogP contribution in [0.1, 0.15) is 25.6 Å². The zero-order valence-corrected chi connectivity index (χ0v) is 10.4. The highest BCUT2D eigenvalue weighted by Crippen LogP contribution is 2.17. The second-order valence-corrected chi connectivity index (χ2v) is 4.42. The van der Waals surface area contributed by atoms with E-state index in [4.69, 9.17) is 5.73 Å². The first-order valence-electron chi connectivity index (χ1n) is 5.78. The van der Waals surface area contributed by atoms with Gasteiger partial charge >= 0.3 is 0 Å². The van der Waals surface area contributed by atoms with E-state index in [1.54, 1.807) is 12.1 Å². The van der Waals surface area contributed by atoms with Gasteiger partial charge in [-0.3, -0.25) is 4.79 Å². The standard InChI is InChI=1S/C13H16N4O/c1-8(2)13-16-11(7-12(18)17-13)15-10-5-3-4-9(14)6-10/h3-8H,14H2,1-2H3,(H2,15,16,17,18). The molecule has 1 aromatic carbocycles. The Morgan fingerprint density at radius 3 is 2.78 bits per heavy atom. The molecule has 0 atom stereocenters. The van der Waals surface area contributed by atoms with Crippen LogP contribution in [-0.4, -0.2) is 9.97 Å². The molecule has 0 saturated carbocycles. The molecule has 94 valence electrons. The number of hydrogen-bond acceptors (Lipinski definition) is 4. The molecule has 2 rings (SSSR count). The number of nitrogens with zero attached hydrogens (tertiary/aromatic N) is 1. The van der Waals surface area contributed by atoms with E-state index in [0.29, 0.717) is 17.3 Å². The Labute approximate surface area is 105 Å². The maximum absolute atomic E-state index is 11.5. The molecule has 0 aliphatic rings. The number of anilines is 3. The van der Waals surface area contributed by atoms with Gasteiger partial charge in [-0.05, 0) is 18.2 Å². The van der Waals surface area contributed by atoms with Gasteiger partial charge in [0.15, 0.2) is 0 Å². The zero-order chi connectivity index (χ0) is 13.1. The van der Waals surface area contributed by atoms with Crippen LogP contribution in [0.5, 0.6) is 0 Å². The summed E-state index contributed by atoms with van der Waals surface area (Å²) < 4.78 is 0. The molecule has 0 unspecified atom stereocenters. The van der Waals surface area contributed by atoms with Gasteiger partial charge in [-0.1, -0.05) is 19.9 Å². The second-order valence-electron chi connectivity index (χ2n) is 4.42. The normalized spacial score (nSPS) is 10.6. The van der Waals surface area contributed by atoms with E-state index in [2.05, 4.69) is 15.3 Å². The molecule has 1 aromatic heterocycles. The maximum atomic E-state index is 11.5. The number of rotatable bonds is 3. The molecule has 5 heteroatoms. The topological polar surface area (TPSA) is 83.8 Å². The van der Waals surface area contributed by atoms with Gasteiger partial charge in [-0.15, -0.1) is 0 Å². The van der Waals surface area contributed by atoms with Crippen molar-refractivity contribution in [2.24, 2.45) is 0 Å². The number of nitrogens with one attached hydrogen (secondary N) is 2. The molecular weight excluding hydrogens is 228 g/mol. The van der Waals surface area contributed by atoms with E-state index in [1.165, 1.54) is 6.07 Å². The van der Waals surface area contributed by atoms with Crippen LogP contribution in [0.3, 0.4) is 0 Å². The summed E-state index contributed by atoms with van der Waals surface area (Å²) in [5.74, 6) is 1.35. The van der Waals surface area contributed by atoms with Crippen molar-refractivity contribution < 1.29 is 0 Å². The third-order valence-corrected chi connectivity index (χ3v) is 2.47. The van der Waals surface area contributed by atoms with E-state index in [-0.39, 0.29) is 11.5 Å². The molecule has 0 fully saturated rings. The van der Waals surface area contributed by atoms with Crippen LogP contribution in [0.4, 0.5) is 17.2 Å². The monoisotopic (exact) mass is 244 g/mol. The van der Waals surface area contributed by atoms with Crippen molar-refractivity contribution in [3.63, 3.8) is 0 Å². The Bertz CT molecular complexity index is 604. The molecule has 2 aromatic rings. The van der Waals surface area contributed by atoms with Gasteiger partial charge in [-0.25, -0.2) is 4.98 Å². The van der Waals surface area contributed by atoms with E-state index in [1.807, 2.05) is 26.0 Å². The van der Waals surface area contributed by atoms with Crippen LogP contribution in [0, 0.1) is 0 Å². The predicted molar refractivity (Wildman–Crippen MR) is 73.1 cm³/mol. The molecule has 5 nitrogen and oxygen atoms in total. The van der Waals surface area contributed by atoms with Gasteiger partial charge in [-0.2, -0.15) is 0 Å². The molecule has 0 aliphatic heterocycles. The van der Waals surface area contributed by atoms with Crippen LogP contribution in [-0.2, 0) is 0 Å². The number of aromatic nitrogens is 2. The molecule has 18 heavy (non-hydrogen) atoms. The highest BCUT2D eigenvalue weighted by molar-refractivity contribution is 5.60. The summed E-state index contributed by atoms with van der Waals surface area (Å²) in [7, 11) is 0. The van der Waals surface area contributed by atoms with Crippen molar-refractivity contribution >= 4 is 17.2 Å². The van der Waals surface area contributed by atoms with Crippen molar-refractivity contribution in [1.82, 2.24) is 9.97 Å². The summed E-state index contributed by atoms with van der Waals surface area (Å²) in [5, 5.41) is 3.07. The van der Waals surface area contributed by atoms with Gasteiger partial charge in [0.1, 0.15) is 11.6 Å². The van der Waals surface area contributed by atoms with Crippen molar-refractivity contribution in [2.75, 3.05) is 11.1 Å². The minimum atomic E-state index is -0.167. The number of aromatic amines is 1. The fraction of sp³-hybridized carbons (Fsp3) is 0.231. The smallest absolute Gasteiger partial charge is 0.252 e. The van der Waals surface area contributed by atoms with E-state index in [9.17, 15) is 4.79 Å². The molecule has 1 heterocycles. The first kappa shape index (κ1) is 12.2. The fourth-order valence-electron chi connectivity index (χ4n) is 1.58. The summed E-state index contributed by atoms with van der Waals surface area (Å²) >= 11 is 0. The quantitative estimate of drug-likeness (QED) is 0.723. The lowest BCUT2D eigenvalue weighted by molar-refractivity contribution is 0.769. The Morgan fingerprint density at radius 2 is 2.11 bits per heavy atom. The van der Waals surface area contributed by atoms with Crippen LogP contribution >= 0.6 is 0 Å². The molecule has 0 radical (unpaired) electrons. The van der Waals surface area contributed by atoms with Crippen molar-refractivity contribution in [3.05, 3.63) is 46.5 Å². The van der Waals surface area contributed by atoms with Gasteiger partial charge in [0, 0.05) is 23.4 Å². The summed E-state index contributed by atoms with van der Waals surface area (Å²) in [4.78, 5) is 18.6. The fourth-order valence-corrected chi connectivity index (χ4v) is 1.58. The molecule has 0 bridgehead atoms. The lowest BCUT2D eigenvalue weighted by atomic mass is 10.2. The van der Waals surface area contributed by atoms with Crippen molar-refractivity contribution in [2.45, 2.75) is 19.8 Å². The van der Waals surface area contributed by atoms with Gasteiger partial charge in [0.05, 0.1) is 0 Å². The minimum Gasteiger partial charge on any atom is -0.399 e. The Hall–Kier alpha value is -2.30. The Balaban J connectivity index is 2.32. The average Bonchev–Trinajstić information content (AvgIpc) is 2.28. The first-order valence-corrected chi connectivity index (χ1v) is 5.78. The molecule has 0 spiro atoms. The minimum absolute atomic E-state index is 0.167. The molecule has 0 amide bonds. The highest BCUT2D eigenvalue weighted by atomic mass is 16.1. The van der Waals surface area contributed by atoms with Crippen LogP contribution in [0.2, 0.25) is 0 Å². The SMILES string of the molecule is CC(C)c1nc(Nc2cccc(N)c2)cc(=O)[nH]1. The number of benzene rings is 1. The second kappa shape index (κ2) is 4.91. The van der Waals surface area contributed by atoms with E-state index in [0.717, 1.165) is 5.69 Å². The summed E-state index contributed by atoms with van der Waals surface area (Å²) in [6.07, 6.45) is 0. The van der Waals surface area contributed by atoms with Crippen LogP contribution in [0.15, 0.2) is 35.1 Å². The van der Waals surface area contributed by atoms with Crippen LogP contribution < -0.4 is 16.6 Å². The largest absolute Gasteiger partial charge is 0.399 e. The zero-order valence-electron chi connectivity index (χ0n) is 10.4. The third-order valence-electron chi connectivity index (χ3n) is 2.47. The lowest BCUT2D eigenvalue weighted by Gasteiger charge is -2.09.